The van der Waals surface area contributed by atoms with Crippen molar-refractivity contribution in [3.8, 4) is 0 Å². The van der Waals surface area contributed by atoms with Gasteiger partial charge in [-0.15, -0.1) is 0 Å². The molecule has 0 bridgehead atoms. The maximum absolute atomic E-state index is 12.2. The van der Waals surface area contributed by atoms with E-state index in [1.165, 1.54) is 0 Å². The fraction of sp³-hybridized carbons (Fsp3) is 0.278. The molecule has 2 N–H and O–H groups in total. The number of hydrogen-bond acceptors (Lipinski definition) is 2. The number of carbonyl (C=O) groups excluding carboxylic acids is 1. The van der Waals surface area contributed by atoms with Gasteiger partial charge in [-0.25, -0.2) is 0 Å². The maximum Gasteiger partial charge on any atom is 0.251 e. The number of amides is 1. The third-order valence-corrected chi connectivity index (χ3v) is 3.85. The van der Waals surface area contributed by atoms with Gasteiger partial charge in [-0.3, -0.25) is 4.79 Å². The van der Waals surface area contributed by atoms with E-state index in [1.807, 2.05) is 57.2 Å². The molecule has 0 fully saturated rings. The van der Waals surface area contributed by atoms with Gasteiger partial charge in [0, 0.05) is 12.1 Å². The highest BCUT2D eigenvalue weighted by Crippen LogP contribution is 2.17. The number of benzene rings is 2. The molecule has 0 radical (unpaired) electrons. The quantitative estimate of drug-likeness (QED) is 0.906. The van der Waals surface area contributed by atoms with Gasteiger partial charge in [-0.2, -0.15) is 0 Å². The second kappa shape index (κ2) is 6.55. The Labute approximate surface area is 125 Å². The lowest BCUT2D eigenvalue weighted by atomic mass is 10.0. The second-order valence-electron chi connectivity index (χ2n) is 5.33. The van der Waals surface area contributed by atoms with Crippen LogP contribution in [0.1, 0.15) is 38.7 Å². The van der Waals surface area contributed by atoms with Crippen molar-refractivity contribution < 1.29 is 9.90 Å². The van der Waals surface area contributed by atoms with Crippen molar-refractivity contribution in [2.45, 2.75) is 26.9 Å². The topological polar surface area (TPSA) is 49.3 Å². The van der Waals surface area contributed by atoms with Crippen LogP contribution in [0.15, 0.2) is 42.5 Å². The molecule has 0 heterocycles. The van der Waals surface area contributed by atoms with Crippen LogP contribution in [0.5, 0.6) is 0 Å². The van der Waals surface area contributed by atoms with E-state index in [2.05, 4.69) is 5.32 Å². The first-order valence-corrected chi connectivity index (χ1v) is 7.08. The first-order chi connectivity index (χ1) is 10.0. The molecule has 2 rings (SSSR count). The summed E-state index contributed by atoms with van der Waals surface area (Å²) >= 11 is 0. The molecule has 3 heteroatoms. The maximum atomic E-state index is 12.2. The highest BCUT2D eigenvalue weighted by Gasteiger charge is 2.14. The van der Waals surface area contributed by atoms with Gasteiger partial charge in [0.2, 0.25) is 0 Å². The second-order valence-corrected chi connectivity index (χ2v) is 5.33. The van der Waals surface area contributed by atoms with Crippen LogP contribution < -0.4 is 5.32 Å². The summed E-state index contributed by atoms with van der Waals surface area (Å²) in [5.41, 5.74) is 4.58. The summed E-state index contributed by atoms with van der Waals surface area (Å²) in [5, 5.41) is 13.0. The number of aryl methyl sites for hydroxylation is 2. The normalized spacial score (nSPS) is 12.0. The SMILES string of the molecule is Cc1ccccc1C(O)CNC(=O)c1cccc(C)c1C. The zero-order valence-corrected chi connectivity index (χ0v) is 12.7. The monoisotopic (exact) mass is 283 g/mol. The van der Waals surface area contributed by atoms with Gasteiger partial charge in [-0.1, -0.05) is 36.4 Å². The van der Waals surface area contributed by atoms with Crippen molar-refractivity contribution in [3.05, 3.63) is 70.3 Å². The van der Waals surface area contributed by atoms with Crippen LogP contribution in [-0.4, -0.2) is 17.6 Å². The summed E-state index contributed by atoms with van der Waals surface area (Å²) in [5.74, 6) is -0.149. The number of nitrogens with one attached hydrogen (secondary N) is 1. The Morgan fingerprint density at radius 2 is 1.71 bits per heavy atom. The average Bonchev–Trinajstić information content (AvgIpc) is 2.47. The van der Waals surface area contributed by atoms with Crippen molar-refractivity contribution in [1.82, 2.24) is 5.32 Å². The summed E-state index contributed by atoms with van der Waals surface area (Å²) in [6, 6.07) is 13.3. The van der Waals surface area contributed by atoms with Crippen molar-refractivity contribution >= 4 is 5.91 Å². The van der Waals surface area contributed by atoms with Gasteiger partial charge in [0.25, 0.3) is 5.91 Å². The Bertz CT molecular complexity index is 649. The van der Waals surface area contributed by atoms with Crippen LogP contribution in [0.3, 0.4) is 0 Å². The van der Waals surface area contributed by atoms with Crippen molar-refractivity contribution in [2.24, 2.45) is 0 Å². The van der Waals surface area contributed by atoms with Crippen molar-refractivity contribution in [2.75, 3.05) is 6.54 Å². The fourth-order valence-electron chi connectivity index (χ4n) is 2.35. The molecule has 1 atom stereocenters. The molecule has 2 aromatic carbocycles. The van der Waals surface area contributed by atoms with Gasteiger partial charge in [0.1, 0.15) is 0 Å². The third-order valence-electron chi connectivity index (χ3n) is 3.85. The predicted molar refractivity (Wildman–Crippen MR) is 84.4 cm³/mol. The van der Waals surface area contributed by atoms with Crippen LogP contribution in [0.25, 0.3) is 0 Å². The molecular formula is C18H21NO2. The zero-order chi connectivity index (χ0) is 15.4. The first kappa shape index (κ1) is 15.3. The Morgan fingerprint density at radius 1 is 1.05 bits per heavy atom. The summed E-state index contributed by atoms with van der Waals surface area (Å²) in [4.78, 5) is 12.2. The Hall–Kier alpha value is -2.13. The van der Waals surface area contributed by atoms with E-state index in [0.29, 0.717) is 5.56 Å². The van der Waals surface area contributed by atoms with Crippen molar-refractivity contribution in [3.63, 3.8) is 0 Å². The van der Waals surface area contributed by atoms with Crippen LogP contribution in [-0.2, 0) is 0 Å². The minimum absolute atomic E-state index is 0.149. The molecule has 1 unspecified atom stereocenters. The Balaban J connectivity index is 2.04. The summed E-state index contributed by atoms with van der Waals surface area (Å²) in [6.07, 6.45) is -0.694. The highest BCUT2D eigenvalue weighted by atomic mass is 16.3. The van der Waals surface area contributed by atoms with E-state index in [9.17, 15) is 9.90 Å². The average molecular weight is 283 g/mol. The molecule has 0 aliphatic carbocycles. The number of carbonyl (C=O) groups is 1. The Kier molecular flexibility index (Phi) is 4.76. The molecule has 0 aliphatic rings. The van der Waals surface area contributed by atoms with E-state index in [0.717, 1.165) is 22.3 Å². The van der Waals surface area contributed by atoms with Gasteiger partial charge in [0.15, 0.2) is 0 Å². The van der Waals surface area contributed by atoms with E-state index < -0.39 is 6.10 Å². The van der Waals surface area contributed by atoms with Crippen LogP contribution >= 0.6 is 0 Å². The molecule has 3 nitrogen and oxygen atoms in total. The van der Waals surface area contributed by atoms with E-state index in [-0.39, 0.29) is 12.5 Å². The van der Waals surface area contributed by atoms with Gasteiger partial charge >= 0.3 is 0 Å². The largest absolute Gasteiger partial charge is 0.387 e. The molecule has 1 amide bonds. The summed E-state index contributed by atoms with van der Waals surface area (Å²) < 4.78 is 0. The standard InChI is InChI=1S/C18H21NO2/c1-12-8-6-10-16(14(12)3)18(21)19-11-17(20)15-9-5-4-7-13(15)2/h4-10,17,20H,11H2,1-3H3,(H,19,21). The Morgan fingerprint density at radius 3 is 2.43 bits per heavy atom. The lowest BCUT2D eigenvalue weighted by Crippen LogP contribution is -2.29. The van der Waals surface area contributed by atoms with E-state index >= 15 is 0 Å². The number of rotatable bonds is 4. The minimum Gasteiger partial charge on any atom is -0.387 e. The molecule has 0 saturated carbocycles. The molecule has 0 aromatic heterocycles. The van der Waals surface area contributed by atoms with E-state index in [1.54, 1.807) is 6.07 Å². The molecule has 0 aliphatic heterocycles. The smallest absolute Gasteiger partial charge is 0.251 e. The number of aliphatic hydroxyl groups excluding tert-OH is 1. The minimum atomic E-state index is -0.694. The molecule has 0 saturated heterocycles. The lowest BCUT2D eigenvalue weighted by molar-refractivity contribution is 0.0915. The third kappa shape index (κ3) is 3.50. The highest BCUT2D eigenvalue weighted by molar-refractivity contribution is 5.95. The fourth-order valence-corrected chi connectivity index (χ4v) is 2.35. The molecule has 0 spiro atoms. The summed E-state index contributed by atoms with van der Waals surface area (Å²) in [7, 11) is 0. The number of hydrogen-bond donors (Lipinski definition) is 2. The number of aliphatic hydroxyl groups is 1. The van der Waals surface area contributed by atoms with Gasteiger partial charge in [-0.05, 0) is 49.1 Å². The van der Waals surface area contributed by atoms with E-state index in [4.69, 9.17) is 0 Å². The molecular weight excluding hydrogens is 262 g/mol. The first-order valence-electron chi connectivity index (χ1n) is 7.08. The molecule has 21 heavy (non-hydrogen) atoms. The van der Waals surface area contributed by atoms with Gasteiger partial charge in [0.05, 0.1) is 6.10 Å². The predicted octanol–water partition coefficient (Wildman–Crippen LogP) is 3.08. The van der Waals surface area contributed by atoms with Crippen LogP contribution in [0, 0.1) is 20.8 Å². The molecule has 2 aromatic rings. The van der Waals surface area contributed by atoms with Crippen LogP contribution in [0.4, 0.5) is 0 Å². The lowest BCUT2D eigenvalue weighted by Gasteiger charge is -2.15. The zero-order valence-electron chi connectivity index (χ0n) is 12.7. The van der Waals surface area contributed by atoms with Crippen molar-refractivity contribution in [1.29, 1.82) is 0 Å². The summed E-state index contributed by atoms with van der Waals surface area (Å²) in [6.45, 7) is 6.07. The molecule has 110 valence electrons. The van der Waals surface area contributed by atoms with Crippen LogP contribution in [0.2, 0.25) is 0 Å². The van der Waals surface area contributed by atoms with Gasteiger partial charge < -0.3 is 10.4 Å².